The quantitative estimate of drug-likeness (QED) is 0.0552. The van der Waals surface area contributed by atoms with Crippen molar-refractivity contribution in [3.8, 4) is 0 Å². The Labute approximate surface area is 355 Å². The lowest BCUT2D eigenvalue weighted by Gasteiger charge is -2.43. The summed E-state index contributed by atoms with van der Waals surface area (Å²) in [6, 6.07) is 15.6. The SMILES string of the molecule is CC(C)(C)S(C)(C)OCCCCCl.CCOC(=O)c1cc2cc(Br)ccc2[nH]1.CCOC(=O)c1cc2cc(Br)ccc2n1CCCCO[Si](C)(C)C(C)(C)C. The molecule has 2 aromatic heterocycles. The molecule has 4 aromatic rings. The zero-order valence-corrected chi connectivity index (χ0v) is 40.9. The van der Waals surface area contributed by atoms with Gasteiger partial charge in [0, 0.05) is 54.5 Å². The minimum atomic E-state index is -1.70. The number of fused-ring (bicyclic) bond motifs is 2. The Balaban J connectivity index is 0.000000315. The van der Waals surface area contributed by atoms with Gasteiger partial charge in [-0.1, -0.05) is 73.4 Å². The third kappa shape index (κ3) is 15.5. The van der Waals surface area contributed by atoms with Gasteiger partial charge in [0.15, 0.2) is 8.32 Å². The van der Waals surface area contributed by atoms with Gasteiger partial charge < -0.3 is 27.6 Å². The summed E-state index contributed by atoms with van der Waals surface area (Å²) in [5.74, 6) is 0.168. The normalized spacial score (nSPS) is 12.5. The molecule has 0 fully saturated rings. The Bertz CT molecular complexity index is 1810. The molecular formula is C42H65Br2ClN2O6SSi. The molecule has 0 amide bonds. The molecule has 0 unspecified atom stereocenters. The largest absolute Gasteiger partial charge is 0.461 e. The first kappa shape index (κ1) is 49.3. The molecule has 0 aliphatic carbocycles. The van der Waals surface area contributed by atoms with Crippen molar-refractivity contribution in [1.29, 1.82) is 0 Å². The van der Waals surface area contributed by atoms with Crippen LogP contribution in [0.4, 0.5) is 0 Å². The predicted molar refractivity (Wildman–Crippen MR) is 245 cm³/mol. The maximum absolute atomic E-state index is 12.4. The summed E-state index contributed by atoms with van der Waals surface area (Å²) in [5.41, 5.74) is 3.10. The van der Waals surface area contributed by atoms with E-state index >= 15 is 0 Å². The van der Waals surface area contributed by atoms with E-state index in [0.717, 1.165) is 82.1 Å². The monoisotopic (exact) mass is 946 g/mol. The fraction of sp³-hybridized carbons (Fsp3) is 0.571. The lowest BCUT2D eigenvalue weighted by Crippen LogP contribution is -2.40. The predicted octanol–water partition coefficient (Wildman–Crippen LogP) is 13.3. The minimum Gasteiger partial charge on any atom is -0.461 e. The topological polar surface area (TPSA) is 91.8 Å². The van der Waals surface area contributed by atoms with E-state index in [1.165, 1.54) is 0 Å². The van der Waals surface area contributed by atoms with Crippen LogP contribution in [0.3, 0.4) is 0 Å². The van der Waals surface area contributed by atoms with Gasteiger partial charge in [0.25, 0.3) is 0 Å². The van der Waals surface area contributed by atoms with E-state index in [1.807, 2.05) is 49.4 Å². The molecular weight excluding hydrogens is 884 g/mol. The highest BCUT2D eigenvalue weighted by atomic mass is 79.9. The van der Waals surface area contributed by atoms with E-state index in [-0.39, 0.29) is 21.7 Å². The van der Waals surface area contributed by atoms with Crippen molar-refractivity contribution in [3.63, 3.8) is 0 Å². The van der Waals surface area contributed by atoms with E-state index in [4.69, 9.17) is 29.7 Å². The highest BCUT2D eigenvalue weighted by Gasteiger charge is 2.36. The van der Waals surface area contributed by atoms with Gasteiger partial charge in [0.2, 0.25) is 0 Å². The van der Waals surface area contributed by atoms with Crippen LogP contribution >= 0.6 is 53.8 Å². The van der Waals surface area contributed by atoms with Crippen molar-refractivity contribution < 1.29 is 27.7 Å². The number of benzene rings is 2. The number of unbranched alkanes of at least 4 members (excludes halogenated alkanes) is 2. The number of halogens is 3. The summed E-state index contributed by atoms with van der Waals surface area (Å²) < 4.78 is 26.7. The molecule has 0 spiro atoms. The van der Waals surface area contributed by atoms with Crippen LogP contribution in [0.5, 0.6) is 0 Å². The second-order valence-electron chi connectivity index (χ2n) is 16.1. The summed E-state index contributed by atoms with van der Waals surface area (Å²) in [5, 5.41) is 2.27. The Morgan fingerprint density at radius 3 is 1.96 bits per heavy atom. The number of H-pyrrole nitrogens is 1. The van der Waals surface area contributed by atoms with Gasteiger partial charge in [-0.2, -0.15) is 0 Å². The number of nitrogens with zero attached hydrogens (tertiary/aromatic N) is 1. The number of alkyl halides is 1. The van der Waals surface area contributed by atoms with Gasteiger partial charge in [-0.25, -0.2) is 9.59 Å². The molecule has 0 aliphatic heterocycles. The Hall–Kier alpha value is -1.80. The van der Waals surface area contributed by atoms with Crippen molar-refractivity contribution in [2.45, 2.75) is 110 Å². The number of aromatic amines is 1. The van der Waals surface area contributed by atoms with E-state index in [9.17, 15) is 9.59 Å². The van der Waals surface area contributed by atoms with Crippen LogP contribution in [0.1, 0.15) is 102 Å². The van der Waals surface area contributed by atoms with Crippen LogP contribution in [-0.4, -0.2) is 79.4 Å². The number of aromatic nitrogens is 2. The number of rotatable bonds is 15. The lowest BCUT2D eigenvalue weighted by molar-refractivity contribution is 0.0507. The first-order valence-electron chi connectivity index (χ1n) is 19.1. The third-order valence-electron chi connectivity index (χ3n) is 9.85. The van der Waals surface area contributed by atoms with Crippen molar-refractivity contribution in [1.82, 2.24) is 9.55 Å². The maximum atomic E-state index is 12.4. The molecule has 55 heavy (non-hydrogen) atoms. The Morgan fingerprint density at radius 2 is 1.38 bits per heavy atom. The van der Waals surface area contributed by atoms with Crippen LogP contribution in [0, 0.1) is 0 Å². The smallest absolute Gasteiger partial charge is 0.354 e. The number of carbonyl (C=O) groups excluding carboxylic acids is 2. The van der Waals surface area contributed by atoms with Gasteiger partial charge >= 0.3 is 11.9 Å². The van der Waals surface area contributed by atoms with E-state index in [1.54, 1.807) is 13.0 Å². The number of ether oxygens (including phenoxy) is 2. The maximum Gasteiger partial charge on any atom is 0.354 e. The summed E-state index contributed by atoms with van der Waals surface area (Å²) in [7, 11) is -2.62. The molecule has 1 N–H and O–H groups in total. The fourth-order valence-electron chi connectivity index (χ4n) is 4.84. The number of hydrogen-bond acceptors (Lipinski definition) is 6. The second kappa shape index (κ2) is 22.4. The molecule has 0 saturated heterocycles. The molecule has 2 heterocycles. The zero-order chi connectivity index (χ0) is 41.6. The first-order valence-corrected chi connectivity index (χ1v) is 26.5. The van der Waals surface area contributed by atoms with Crippen LogP contribution in [-0.2, 0) is 24.6 Å². The van der Waals surface area contributed by atoms with Gasteiger partial charge in [-0.15, -0.1) is 21.9 Å². The molecule has 4 rings (SSSR count). The number of hydrogen-bond donors (Lipinski definition) is 1. The number of esters is 2. The highest BCUT2D eigenvalue weighted by Crippen LogP contribution is 2.53. The zero-order valence-electron chi connectivity index (χ0n) is 35.1. The molecule has 0 aliphatic rings. The molecule has 0 atom stereocenters. The Morgan fingerprint density at radius 1 is 0.800 bits per heavy atom. The van der Waals surface area contributed by atoms with E-state index in [2.05, 4.69) is 109 Å². The third-order valence-corrected chi connectivity index (χ3v) is 19.3. The summed E-state index contributed by atoms with van der Waals surface area (Å²) >= 11 is 12.5. The minimum absolute atomic E-state index is 0.230. The van der Waals surface area contributed by atoms with Crippen molar-refractivity contribution >= 4 is 95.8 Å². The molecule has 0 radical (unpaired) electrons. The average Bonchev–Trinajstić information content (AvgIpc) is 3.67. The molecule has 0 saturated carbocycles. The van der Waals surface area contributed by atoms with Crippen LogP contribution in [0.2, 0.25) is 18.1 Å². The van der Waals surface area contributed by atoms with Gasteiger partial charge in [-0.05, 0) is 119 Å². The van der Waals surface area contributed by atoms with Crippen LogP contribution in [0.25, 0.3) is 21.8 Å². The highest BCUT2D eigenvalue weighted by molar-refractivity contribution is 9.10. The Kier molecular flexibility index (Phi) is 20.1. The van der Waals surface area contributed by atoms with E-state index < -0.39 is 18.6 Å². The summed E-state index contributed by atoms with van der Waals surface area (Å²) in [4.78, 5) is 26.8. The van der Waals surface area contributed by atoms with Crippen LogP contribution in [0.15, 0.2) is 57.5 Å². The summed E-state index contributed by atoms with van der Waals surface area (Å²) in [6.07, 6.45) is 8.53. The van der Waals surface area contributed by atoms with Crippen molar-refractivity contribution in [2.24, 2.45) is 0 Å². The standard InChI is InChI=1S/C21H32BrNO3Si.C11H10BrNO2.C10H23ClOS/c1-7-25-20(24)19-15-16-14-17(22)10-11-18(16)23(19)12-8-9-13-26-27(5,6)21(2,3)4;1-2-15-11(14)10-6-7-5-8(12)3-4-9(7)13-10;1-10(2,3)13(4,5)12-9-7-6-8-11/h10-11,14-15H,7-9,12-13H2,1-6H3;3-6,13H,2H2,1H3;6-9H2,1-5H3. The van der Waals surface area contributed by atoms with Gasteiger partial charge in [-0.3, -0.25) is 0 Å². The second-order valence-corrected chi connectivity index (χ2v) is 27.1. The van der Waals surface area contributed by atoms with Gasteiger partial charge in [0.05, 0.1) is 19.8 Å². The number of nitrogens with one attached hydrogen (secondary N) is 1. The van der Waals surface area contributed by atoms with E-state index in [0.29, 0.717) is 24.6 Å². The molecule has 2 aromatic carbocycles. The lowest BCUT2D eigenvalue weighted by atomic mass is 10.2. The molecule has 0 bridgehead atoms. The summed E-state index contributed by atoms with van der Waals surface area (Å²) in [6.45, 7) is 24.9. The van der Waals surface area contributed by atoms with Crippen molar-refractivity contribution in [3.05, 3.63) is 68.9 Å². The molecule has 13 heteroatoms. The van der Waals surface area contributed by atoms with Crippen molar-refractivity contribution in [2.75, 3.05) is 44.8 Å². The average molecular weight is 949 g/mol. The first-order chi connectivity index (χ1) is 25.6. The van der Waals surface area contributed by atoms with Crippen LogP contribution < -0.4 is 0 Å². The molecule has 8 nitrogen and oxygen atoms in total. The number of carbonyl (C=O) groups is 2. The fourth-order valence-corrected chi connectivity index (χ4v) is 7.76. The van der Waals surface area contributed by atoms with Gasteiger partial charge in [0.1, 0.15) is 11.4 Å². The molecule has 310 valence electrons. The number of aryl methyl sites for hydroxylation is 1.